The van der Waals surface area contributed by atoms with Crippen LogP contribution in [0.2, 0.25) is 0 Å². The van der Waals surface area contributed by atoms with E-state index in [1.807, 2.05) is 45.4 Å². The summed E-state index contributed by atoms with van der Waals surface area (Å²) in [5.41, 5.74) is 2.85. The van der Waals surface area contributed by atoms with Crippen molar-refractivity contribution < 1.29 is 0 Å². The molecule has 4 heterocycles. The van der Waals surface area contributed by atoms with Crippen LogP contribution in [0, 0.1) is 5.92 Å². The number of rotatable bonds is 4. The van der Waals surface area contributed by atoms with E-state index in [-0.39, 0.29) is 0 Å². The predicted molar refractivity (Wildman–Crippen MR) is 91.9 cm³/mol. The van der Waals surface area contributed by atoms with Gasteiger partial charge in [0.2, 0.25) is 0 Å². The second-order valence-electron chi connectivity index (χ2n) is 5.97. The molecule has 1 N–H and O–H groups in total. The molecular formula is C16H18N6S. The highest BCUT2D eigenvalue weighted by atomic mass is 32.1. The van der Waals surface area contributed by atoms with E-state index in [4.69, 9.17) is 4.98 Å². The fourth-order valence-corrected chi connectivity index (χ4v) is 3.23. The van der Waals surface area contributed by atoms with Gasteiger partial charge in [-0.1, -0.05) is 13.8 Å². The minimum Gasteiger partial charge on any atom is -0.334 e. The average Bonchev–Trinajstić information content (AvgIpc) is 3.27. The van der Waals surface area contributed by atoms with Crippen molar-refractivity contribution in [1.29, 1.82) is 0 Å². The molecule has 0 amide bonds. The molecule has 0 aromatic carbocycles. The van der Waals surface area contributed by atoms with E-state index < -0.39 is 0 Å². The average molecular weight is 326 g/mol. The molecule has 7 heteroatoms. The molecule has 0 fully saturated rings. The van der Waals surface area contributed by atoms with Gasteiger partial charge in [-0.3, -0.25) is 4.57 Å². The van der Waals surface area contributed by atoms with Gasteiger partial charge in [0.25, 0.3) is 0 Å². The first-order valence-electron chi connectivity index (χ1n) is 7.66. The maximum atomic E-state index is 4.79. The minimum absolute atomic E-state index is 0.300. The van der Waals surface area contributed by atoms with Crippen LogP contribution in [0.4, 0.5) is 0 Å². The molecule has 1 unspecified atom stereocenters. The quantitative estimate of drug-likeness (QED) is 0.619. The molecule has 0 saturated heterocycles. The zero-order valence-electron chi connectivity index (χ0n) is 13.3. The van der Waals surface area contributed by atoms with Crippen molar-refractivity contribution in [1.82, 2.24) is 29.3 Å². The van der Waals surface area contributed by atoms with Crippen molar-refractivity contribution in [3.63, 3.8) is 0 Å². The van der Waals surface area contributed by atoms with Gasteiger partial charge < -0.3 is 4.98 Å². The number of hydrogen-bond donors (Lipinski definition) is 1. The van der Waals surface area contributed by atoms with Gasteiger partial charge in [0.05, 0.1) is 17.9 Å². The third-order valence-corrected chi connectivity index (χ3v) is 4.98. The summed E-state index contributed by atoms with van der Waals surface area (Å²) >= 11 is 1.60. The van der Waals surface area contributed by atoms with E-state index in [1.54, 1.807) is 11.3 Å². The van der Waals surface area contributed by atoms with E-state index in [2.05, 4.69) is 35.8 Å². The van der Waals surface area contributed by atoms with Gasteiger partial charge in [0.15, 0.2) is 16.6 Å². The Kier molecular flexibility index (Phi) is 3.30. The molecule has 23 heavy (non-hydrogen) atoms. The van der Waals surface area contributed by atoms with Crippen LogP contribution >= 0.6 is 11.3 Å². The number of aromatic nitrogens is 6. The normalized spacial score (nSPS) is 13.2. The lowest BCUT2D eigenvalue weighted by atomic mass is 10.1. The molecule has 0 radical (unpaired) electrons. The second-order valence-corrected chi connectivity index (χ2v) is 6.85. The minimum atomic E-state index is 0.300. The van der Waals surface area contributed by atoms with Crippen molar-refractivity contribution in [2.45, 2.75) is 26.8 Å². The molecule has 0 spiro atoms. The molecule has 4 aromatic rings. The zero-order valence-corrected chi connectivity index (χ0v) is 14.1. The molecule has 6 nitrogen and oxygen atoms in total. The van der Waals surface area contributed by atoms with E-state index in [0.717, 1.165) is 27.8 Å². The van der Waals surface area contributed by atoms with Crippen LogP contribution in [0.15, 0.2) is 36.1 Å². The summed E-state index contributed by atoms with van der Waals surface area (Å²) in [7, 11) is 0. The third kappa shape index (κ3) is 2.28. The number of thiazole rings is 1. The van der Waals surface area contributed by atoms with Crippen LogP contribution in [0.1, 0.15) is 26.8 Å². The van der Waals surface area contributed by atoms with Crippen molar-refractivity contribution in [2.24, 2.45) is 5.92 Å². The SMILES string of the molecule is CC(C)C(C)n1ncc2[nH]c(-c3cccn3-c3nccs3)nc21. The van der Waals surface area contributed by atoms with E-state index in [1.165, 1.54) is 0 Å². The molecule has 118 valence electrons. The Morgan fingerprint density at radius 2 is 2.13 bits per heavy atom. The summed E-state index contributed by atoms with van der Waals surface area (Å²) in [5, 5.41) is 7.38. The van der Waals surface area contributed by atoms with Crippen LogP contribution in [-0.4, -0.2) is 29.3 Å². The number of nitrogens with zero attached hydrogens (tertiary/aromatic N) is 5. The summed E-state index contributed by atoms with van der Waals surface area (Å²) < 4.78 is 4.04. The maximum absolute atomic E-state index is 4.79. The standard InChI is InChI=1S/C16H18N6S/c1-10(2)11(3)22-15-12(9-18-22)19-14(20-15)13-5-4-7-21(13)16-17-6-8-23-16/h4-11H,1-3H3,(H,19,20). The highest BCUT2D eigenvalue weighted by Crippen LogP contribution is 2.27. The van der Waals surface area contributed by atoms with Crippen molar-refractivity contribution in [3.05, 3.63) is 36.1 Å². The van der Waals surface area contributed by atoms with Gasteiger partial charge in [-0.2, -0.15) is 5.10 Å². The largest absolute Gasteiger partial charge is 0.334 e. The van der Waals surface area contributed by atoms with Gasteiger partial charge in [0.1, 0.15) is 5.52 Å². The van der Waals surface area contributed by atoms with Crippen molar-refractivity contribution in [3.8, 4) is 16.6 Å². The first-order valence-corrected chi connectivity index (χ1v) is 8.54. The number of nitrogens with one attached hydrogen (secondary N) is 1. The second kappa shape index (κ2) is 5.34. The van der Waals surface area contributed by atoms with Crippen LogP contribution in [0.5, 0.6) is 0 Å². The number of aromatic amines is 1. The fourth-order valence-electron chi connectivity index (χ4n) is 2.59. The Hall–Kier alpha value is -2.41. The predicted octanol–water partition coefficient (Wildman–Crippen LogP) is 3.89. The van der Waals surface area contributed by atoms with Crippen LogP contribution in [0.25, 0.3) is 27.8 Å². The third-order valence-electron chi connectivity index (χ3n) is 4.21. The molecule has 0 aliphatic carbocycles. The Bertz CT molecular complexity index is 927. The lowest BCUT2D eigenvalue weighted by Crippen LogP contribution is -2.12. The Morgan fingerprint density at radius 1 is 1.26 bits per heavy atom. The van der Waals surface area contributed by atoms with E-state index in [9.17, 15) is 0 Å². The molecule has 1 atom stereocenters. The fraction of sp³-hybridized carbons (Fsp3) is 0.312. The molecule has 0 aliphatic heterocycles. The number of imidazole rings is 1. The zero-order chi connectivity index (χ0) is 16.0. The van der Waals surface area contributed by atoms with Gasteiger partial charge in [-0.15, -0.1) is 11.3 Å². The number of H-pyrrole nitrogens is 1. The smallest absolute Gasteiger partial charge is 0.194 e. The summed E-state index contributed by atoms with van der Waals surface area (Å²) in [6.07, 6.45) is 5.66. The lowest BCUT2D eigenvalue weighted by molar-refractivity contribution is 0.384. The number of hydrogen-bond acceptors (Lipinski definition) is 4. The van der Waals surface area contributed by atoms with Crippen molar-refractivity contribution >= 4 is 22.5 Å². The van der Waals surface area contributed by atoms with E-state index >= 15 is 0 Å². The first-order chi connectivity index (χ1) is 11.1. The molecular weight excluding hydrogens is 308 g/mol. The van der Waals surface area contributed by atoms with Crippen LogP contribution in [0.3, 0.4) is 0 Å². The summed E-state index contributed by atoms with van der Waals surface area (Å²) in [6, 6.07) is 4.35. The highest BCUT2D eigenvalue weighted by molar-refractivity contribution is 7.12. The summed E-state index contributed by atoms with van der Waals surface area (Å²) in [6.45, 7) is 6.56. The van der Waals surface area contributed by atoms with Crippen LogP contribution < -0.4 is 0 Å². The Labute approximate surface area is 137 Å². The molecule has 0 aliphatic rings. The Balaban J connectivity index is 1.81. The van der Waals surface area contributed by atoms with Gasteiger partial charge in [-0.25, -0.2) is 14.6 Å². The molecule has 0 saturated carbocycles. The van der Waals surface area contributed by atoms with Crippen LogP contribution in [-0.2, 0) is 0 Å². The topological polar surface area (TPSA) is 64.3 Å². The summed E-state index contributed by atoms with van der Waals surface area (Å²) in [5.74, 6) is 1.33. The van der Waals surface area contributed by atoms with Gasteiger partial charge >= 0.3 is 0 Å². The van der Waals surface area contributed by atoms with Gasteiger partial charge in [0, 0.05) is 17.8 Å². The highest BCUT2D eigenvalue weighted by Gasteiger charge is 2.18. The lowest BCUT2D eigenvalue weighted by Gasteiger charge is -2.15. The summed E-state index contributed by atoms with van der Waals surface area (Å²) in [4.78, 5) is 12.5. The monoisotopic (exact) mass is 326 g/mol. The molecule has 4 rings (SSSR count). The Morgan fingerprint density at radius 3 is 2.87 bits per heavy atom. The molecule has 4 aromatic heterocycles. The maximum Gasteiger partial charge on any atom is 0.194 e. The van der Waals surface area contributed by atoms with E-state index in [0.29, 0.717) is 12.0 Å². The molecule has 0 bridgehead atoms. The number of fused-ring (bicyclic) bond motifs is 1. The van der Waals surface area contributed by atoms with Gasteiger partial charge in [-0.05, 0) is 25.0 Å². The van der Waals surface area contributed by atoms with Crippen molar-refractivity contribution in [2.75, 3.05) is 0 Å². The first kappa shape index (κ1) is 14.2.